The van der Waals surface area contributed by atoms with Crippen LogP contribution in [0.25, 0.3) is 0 Å². The predicted octanol–water partition coefficient (Wildman–Crippen LogP) is 2.65. The molecule has 20 heavy (non-hydrogen) atoms. The summed E-state index contributed by atoms with van der Waals surface area (Å²) in [5.74, 6) is 0. The summed E-state index contributed by atoms with van der Waals surface area (Å²) in [5, 5.41) is 3.33. The summed E-state index contributed by atoms with van der Waals surface area (Å²) >= 11 is 0. The Bertz CT molecular complexity index is 562. The quantitative estimate of drug-likeness (QED) is 0.878. The monoisotopic (exact) mass is 297 g/mol. The molecule has 0 aromatic heterocycles. The van der Waals surface area contributed by atoms with Crippen molar-refractivity contribution in [2.75, 3.05) is 12.8 Å². The van der Waals surface area contributed by atoms with Crippen molar-refractivity contribution in [2.45, 2.75) is 51.8 Å². The second-order valence-electron chi connectivity index (χ2n) is 6.11. The van der Waals surface area contributed by atoms with Crippen LogP contribution in [0, 0.1) is 13.8 Å². The van der Waals surface area contributed by atoms with Crippen molar-refractivity contribution in [3.05, 3.63) is 34.9 Å². The Balaban J connectivity index is 3.06. The summed E-state index contributed by atoms with van der Waals surface area (Å²) in [5.41, 5.74) is 3.68. The molecule has 1 rings (SSSR count). The number of aryl methyl sites for hydroxylation is 2. The molecule has 0 bridgehead atoms. The molecule has 0 radical (unpaired) electrons. The lowest BCUT2D eigenvalue weighted by Crippen LogP contribution is -2.52. The van der Waals surface area contributed by atoms with E-state index in [1.807, 2.05) is 6.92 Å². The zero-order valence-electron chi connectivity index (χ0n) is 13.4. The van der Waals surface area contributed by atoms with Crippen molar-refractivity contribution < 1.29 is 8.42 Å². The van der Waals surface area contributed by atoms with Gasteiger partial charge in [0.05, 0.1) is 4.75 Å². The second-order valence-corrected chi connectivity index (χ2v) is 8.71. The van der Waals surface area contributed by atoms with Crippen LogP contribution >= 0.6 is 0 Å². The summed E-state index contributed by atoms with van der Waals surface area (Å²) in [6.45, 7) is 10.5. The van der Waals surface area contributed by atoms with Crippen LogP contribution in [0.2, 0.25) is 0 Å². The van der Waals surface area contributed by atoms with Crippen molar-refractivity contribution in [2.24, 2.45) is 0 Å². The minimum Gasteiger partial charge on any atom is -0.312 e. The van der Waals surface area contributed by atoms with Crippen LogP contribution < -0.4 is 5.32 Å². The Morgan fingerprint density at radius 1 is 1.20 bits per heavy atom. The molecule has 0 amide bonds. The number of hydrogen-bond acceptors (Lipinski definition) is 3. The average Bonchev–Trinajstić information content (AvgIpc) is 2.31. The van der Waals surface area contributed by atoms with E-state index in [0.29, 0.717) is 0 Å². The fraction of sp³-hybridized carbons (Fsp3) is 0.625. The summed E-state index contributed by atoms with van der Waals surface area (Å²) in [4.78, 5) is 0. The highest BCUT2D eigenvalue weighted by Gasteiger charge is 2.38. The van der Waals surface area contributed by atoms with Gasteiger partial charge in [-0.3, -0.25) is 0 Å². The smallest absolute Gasteiger partial charge is 0.154 e. The Kier molecular flexibility index (Phi) is 5.39. The van der Waals surface area contributed by atoms with Crippen LogP contribution in [-0.2, 0) is 16.3 Å². The van der Waals surface area contributed by atoms with Crippen molar-refractivity contribution in [3.63, 3.8) is 0 Å². The van der Waals surface area contributed by atoms with E-state index in [1.54, 1.807) is 13.8 Å². The molecule has 1 atom stereocenters. The molecular formula is C16H27NO2S. The molecule has 1 aromatic rings. The highest BCUT2D eigenvalue weighted by Crippen LogP contribution is 2.24. The molecule has 0 saturated carbocycles. The van der Waals surface area contributed by atoms with Gasteiger partial charge in [0.1, 0.15) is 0 Å². The lowest BCUT2D eigenvalue weighted by Gasteiger charge is -2.33. The first-order valence-electron chi connectivity index (χ1n) is 7.08. The molecule has 0 spiro atoms. The van der Waals surface area contributed by atoms with Gasteiger partial charge >= 0.3 is 0 Å². The largest absolute Gasteiger partial charge is 0.312 e. The molecule has 0 saturated heterocycles. The third-order valence-electron chi connectivity index (χ3n) is 4.26. The molecule has 114 valence electrons. The van der Waals surface area contributed by atoms with E-state index in [0.717, 1.165) is 13.0 Å². The van der Waals surface area contributed by atoms with Gasteiger partial charge in [0.15, 0.2) is 9.84 Å². The highest BCUT2D eigenvalue weighted by atomic mass is 32.2. The normalized spacial score (nSPS) is 14.3. The van der Waals surface area contributed by atoms with Crippen LogP contribution in [0.3, 0.4) is 0 Å². The Morgan fingerprint density at radius 3 is 2.25 bits per heavy atom. The van der Waals surface area contributed by atoms with Gasteiger partial charge in [0.2, 0.25) is 0 Å². The van der Waals surface area contributed by atoms with Crippen LogP contribution in [-0.4, -0.2) is 32.0 Å². The van der Waals surface area contributed by atoms with Crippen molar-refractivity contribution >= 4 is 9.84 Å². The van der Waals surface area contributed by atoms with Gasteiger partial charge in [-0.15, -0.1) is 0 Å². The maximum Gasteiger partial charge on any atom is 0.154 e. The first kappa shape index (κ1) is 17.2. The molecule has 0 aliphatic heterocycles. The van der Waals surface area contributed by atoms with Crippen LogP contribution in [0.4, 0.5) is 0 Å². The van der Waals surface area contributed by atoms with Crippen LogP contribution in [0.15, 0.2) is 18.2 Å². The number of sulfone groups is 1. The minimum absolute atomic E-state index is 0.0930. The van der Waals surface area contributed by atoms with E-state index in [-0.39, 0.29) is 6.04 Å². The SMILES string of the molecule is CCNC(Cc1ccc(C)c(C)c1)C(C)(C)S(C)(=O)=O. The topological polar surface area (TPSA) is 46.2 Å². The Labute approximate surface area is 123 Å². The molecule has 0 aliphatic carbocycles. The van der Waals surface area contributed by atoms with Gasteiger partial charge in [-0.2, -0.15) is 0 Å². The van der Waals surface area contributed by atoms with E-state index in [4.69, 9.17) is 0 Å². The number of likely N-dealkylation sites (N-methyl/N-ethyl adjacent to an activating group) is 1. The van der Waals surface area contributed by atoms with Crippen LogP contribution in [0.5, 0.6) is 0 Å². The molecule has 1 aromatic carbocycles. The van der Waals surface area contributed by atoms with Gasteiger partial charge in [0, 0.05) is 12.3 Å². The summed E-state index contributed by atoms with van der Waals surface area (Å²) in [6, 6.07) is 6.24. The zero-order valence-corrected chi connectivity index (χ0v) is 14.3. The summed E-state index contributed by atoms with van der Waals surface area (Å²) in [7, 11) is -3.12. The molecule has 3 nitrogen and oxygen atoms in total. The number of benzene rings is 1. The van der Waals surface area contributed by atoms with E-state index in [9.17, 15) is 8.42 Å². The zero-order chi connectivity index (χ0) is 15.6. The van der Waals surface area contributed by atoms with Crippen LogP contribution in [0.1, 0.15) is 37.5 Å². The van der Waals surface area contributed by atoms with Crippen molar-refractivity contribution in [1.29, 1.82) is 0 Å². The third kappa shape index (κ3) is 3.83. The van der Waals surface area contributed by atoms with Gasteiger partial charge in [-0.05, 0) is 57.4 Å². The number of rotatable bonds is 6. The predicted molar refractivity (Wildman–Crippen MR) is 86.0 cm³/mol. The maximum absolute atomic E-state index is 12.0. The highest BCUT2D eigenvalue weighted by molar-refractivity contribution is 7.92. The Hall–Kier alpha value is -0.870. The third-order valence-corrected chi connectivity index (χ3v) is 6.45. The first-order chi connectivity index (χ1) is 9.09. The van der Waals surface area contributed by atoms with Gasteiger partial charge in [-0.1, -0.05) is 25.1 Å². The summed E-state index contributed by atoms with van der Waals surface area (Å²) < 4.78 is 23.3. The molecule has 0 fully saturated rings. The standard InChI is InChI=1S/C16H27NO2S/c1-7-17-15(16(4,5)20(6,18)19)11-14-9-8-12(2)13(3)10-14/h8-10,15,17H,7,11H2,1-6H3. The molecule has 1 N–H and O–H groups in total. The first-order valence-corrected chi connectivity index (χ1v) is 8.97. The lowest BCUT2D eigenvalue weighted by atomic mass is 9.94. The average molecular weight is 297 g/mol. The molecular weight excluding hydrogens is 270 g/mol. The van der Waals surface area contributed by atoms with E-state index >= 15 is 0 Å². The number of nitrogens with one attached hydrogen (secondary N) is 1. The van der Waals surface area contributed by atoms with Gasteiger partial charge in [0.25, 0.3) is 0 Å². The van der Waals surface area contributed by atoms with Gasteiger partial charge in [-0.25, -0.2) is 8.42 Å². The van der Waals surface area contributed by atoms with E-state index < -0.39 is 14.6 Å². The molecule has 0 aliphatic rings. The maximum atomic E-state index is 12.0. The Morgan fingerprint density at radius 2 is 1.80 bits per heavy atom. The van der Waals surface area contributed by atoms with E-state index in [1.165, 1.54) is 22.9 Å². The van der Waals surface area contributed by atoms with Crippen molar-refractivity contribution in [3.8, 4) is 0 Å². The fourth-order valence-corrected chi connectivity index (χ4v) is 2.92. The van der Waals surface area contributed by atoms with Gasteiger partial charge < -0.3 is 5.32 Å². The fourth-order valence-electron chi connectivity index (χ4n) is 2.23. The lowest BCUT2D eigenvalue weighted by molar-refractivity contribution is 0.413. The minimum atomic E-state index is -3.12. The second kappa shape index (κ2) is 6.27. The summed E-state index contributed by atoms with van der Waals surface area (Å²) in [6.07, 6.45) is 2.03. The van der Waals surface area contributed by atoms with E-state index in [2.05, 4.69) is 37.4 Å². The number of hydrogen-bond donors (Lipinski definition) is 1. The molecule has 4 heteroatoms. The van der Waals surface area contributed by atoms with Crippen molar-refractivity contribution in [1.82, 2.24) is 5.32 Å². The molecule has 0 heterocycles. The molecule has 1 unspecified atom stereocenters.